The summed E-state index contributed by atoms with van der Waals surface area (Å²) in [5.41, 5.74) is 1.76. The topological polar surface area (TPSA) is 69.8 Å². The molecule has 0 bridgehead atoms. The Bertz CT molecular complexity index is 717. The molecule has 114 valence electrons. The van der Waals surface area contributed by atoms with Crippen molar-refractivity contribution in [3.63, 3.8) is 0 Å². The lowest BCUT2D eigenvalue weighted by atomic mass is 10.2. The summed E-state index contributed by atoms with van der Waals surface area (Å²) in [4.78, 5) is 20.7. The molecular formula is C16H18N4OS. The van der Waals surface area contributed by atoms with Gasteiger partial charge in [-0.25, -0.2) is 4.98 Å². The highest BCUT2D eigenvalue weighted by Crippen LogP contribution is 2.21. The summed E-state index contributed by atoms with van der Waals surface area (Å²) in [5.74, 6) is 0.381. The molecule has 2 aromatic heterocycles. The number of hydrogen-bond donors (Lipinski definition) is 3. The van der Waals surface area contributed by atoms with Gasteiger partial charge < -0.3 is 10.3 Å². The maximum Gasteiger partial charge on any atom is 0.240 e. The molecule has 0 aliphatic carbocycles. The van der Waals surface area contributed by atoms with Crippen molar-refractivity contribution < 1.29 is 4.79 Å². The Morgan fingerprint density at radius 1 is 1.32 bits per heavy atom. The number of anilines is 1. The van der Waals surface area contributed by atoms with E-state index in [0.717, 1.165) is 17.5 Å². The summed E-state index contributed by atoms with van der Waals surface area (Å²) >= 11 is 1.70. The van der Waals surface area contributed by atoms with Crippen LogP contribution < -0.4 is 10.6 Å². The van der Waals surface area contributed by atoms with Crippen molar-refractivity contribution in [3.05, 3.63) is 46.7 Å². The lowest BCUT2D eigenvalue weighted by Gasteiger charge is -2.14. The molecule has 0 radical (unpaired) electrons. The molecule has 0 unspecified atom stereocenters. The van der Waals surface area contributed by atoms with E-state index in [1.807, 2.05) is 35.7 Å². The molecule has 0 spiro atoms. The summed E-state index contributed by atoms with van der Waals surface area (Å²) < 4.78 is 0. The van der Waals surface area contributed by atoms with Gasteiger partial charge in [0.05, 0.1) is 17.6 Å². The van der Waals surface area contributed by atoms with Gasteiger partial charge in [-0.1, -0.05) is 25.1 Å². The number of imidazole rings is 1. The van der Waals surface area contributed by atoms with Gasteiger partial charge in [-0.15, -0.1) is 11.3 Å². The van der Waals surface area contributed by atoms with Crippen LogP contribution in [0.1, 0.15) is 24.3 Å². The van der Waals surface area contributed by atoms with Crippen LogP contribution in [0.15, 0.2) is 41.8 Å². The fourth-order valence-electron chi connectivity index (χ4n) is 2.34. The maximum absolute atomic E-state index is 12.0. The number of para-hydroxylation sites is 2. The van der Waals surface area contributed by atoms with Gasteiger partial charge in [0, 0.05) is 10.9 Å². The SMILES string of the molecule is CC[C@H](NCC(=O)Nc1nc2ccccc2[nH]1)c1cccs1. The highest BCUT2D eigenvalue weighted by molar-refractivity contribution is 7.10. The van der Waals surface area contributed by atoms with Crippen molar-refractivity contribution in [1.82, 2.24) is 15.3 Å². The Morgan fingerprint density at radius 2 is 2.18 bits per heavy atom. The fraction of sp³-hybridized carbons (Fsp3) is 0.250. The van der Waals surface area contributed by atoms with Crippen LogP contribution in [0.3, 0.4) is 0 Å². The molecule has 0 fully saturated rings. The molecule has 1 amide bonds. The van der Waals surface area contributed by atoms with E-state index < -0.39 is 0 Å². The number of carbonyl (C=O) groups is 1. The van der Waals surface area contributed by atoms with Crippen LogP contribution in [-0.2, 0) is 4.79 Å². The predicted molar refractivity (Wildman–Crippen MR) is 90.1 cm³/mol. The number of aromatic nitrogens is 2. The van der Waals surface area contributed by atoms with Gasteiger partial charge in [0.1, 0.15) is 0 Å². The molecule has 0 saturated heterocycles. The second kappa shape index (κ2) is 6.72. The molecule has 0 saturated carbocycles. The van der Waals surface area contributed by atoms with Crippen LogP contribution in [0.2, 0.25) is 0 Å². The number of fused-ring (bicyclic) bond motifs is 1. The van der Waals surface area contributed by atoms with Crippen LogP contribution in [0.5, 0.6) is 0 Å². The van der Waals surface area contributed by atoms with Gasteiger partial charge in [-0.3, -0.25) is 10.1 Å². The van der Waals surface area contributed by atoms with Crippen LogP contribution in [0.25, 0.3) is 11.0 Å². The molecule has 3 aromatic rings. The second-order valence-corrected chi connectivity index (χ2v) is 5.99. The number of thiophene rings is 1. The molecule has 0 aliphatic rings. The number of benzene rings is 1. The van der Waals surface area contributed by atoms with Crippen molar-refractivity contribution in [2.24, 2.45) is 0 Å². The summed E-state index contributed by atoms with van der Waals surface area (Å²) in [6.07, 6.45) is 0.943. The van der Waals surface area contributed by atoms with Crippen molar-refractivity contribution >= 4 is 34.2 Å². The number of nitrogens with zero attached hydrogens (tertiary/aromatic N) is 1. The van der Waals surface area contributed by atoms with Crippen LogP contribution in [0, 0.1) is 0 Å². The van der Waals surface area contributed by atoms with Crippen molar-refractivity contribution in [2.45, 2.75) is 19.4 Å². The van der Waals surface area contributed by atoms with E-state index in [-0.39, 0.29) is 18.5 Å². The van der Waals surface area contributed by atoms with Gasteiger partial charge in [0.2, 0.25) is 11.9 Å². The number of H-pyrrole nitrogens is 1. The molecule has 6 heteroatoms. The molecule has 0 aliphatic heterocycles. The first-order chi connectivity index (χ1) is 10.8. The Kier molecular flexibility index (Phi) is 4.50. The number of nitrogens with one attached hydrogen (secondary N) is 3. The monoisotopic (exact) mass is 314 g/mol. The quantitative estimate of drug-likeness (QED) is 0.654. The summed E-state index contributed by atoms with van der Waals surface area (Å²) in [6, 6.07) is 12.0. The number of amides is 1. The minimum Gasteiger partial charge on any atom is -0.324 e. The van der Waals surface area contributed by atoms with E-state index in [9.17, 15) is 4.79 Å². The van der Waals surface area contributed by atoms with E-state index in [1.165, 1.54) is 4.88 Å². The lowest BCUT2D eigenvalue weighted by molar-refractivity contribution is -0.115. The first kappa shape index (κ1) is 14.7. The standard InChI is InChI=1S/C16H18N4OS/c1-2-11(14-8-5-9-22-14)17-10-15(21)20-16-18-12-6-3-4-7-13(12)19-16/h3-9,11,17H,2,10H2,1H3,(H2,18,19,20,21)/t11-/m0/s1. The predicted octanol–water partition coefficient (Wildman–Crippen LogP) is 3.30. The van der Waals surface area contributed by atoms with Crippen LogP contribution in [-0.4, -0.2) is 22.4 Å². The molecule has 5 nitrogen and oxygen atoms in total. The number of aromatic amines is 1. The lowest BCUT2D eigenvalue weighted by Crippen LogP contribution is -2.31. The highest BCUT2D eigenvalue weighted by Gasteiger charge is 2.12. The minimum atomic E-state index is -0.103. The summed E-state index contributed by atoms with van der Waals surface area (Å²) in [5, 5.41) is 8.12. The first-order valence-electron chi connectivity index (χ1n) is 7.27. The Labute approximate surface area is 132 Å². The van der Waals surface area contributed by atoms with E-state index in [0.29, 0.717) is 5.95 Å². The zero-order chi connectivity index (χ0) is 15.4. The number of hydrogen-bond acceptors (Lipinski definition) is 4. The molecule has 1 aromatic carbocycles. The average molecular weight is 314 g/mol. The number of rotatable bonds is 6. The number of carbonyl (C=O) groups excluding carboxylic acids is 1. The molecule has 22 heavy (non-hydrogen) atoms. The summed E-state index contributed by atoms with van der Waals surface area (Å²) in [7, 11) is 0. The zero-order valence-electron chi connectivity index (χ0n) is 12.3. The molecule has 2 heterocycles. The zero-order valence-corrected chi connectivity index (χ0v) is 13.1. The maximum atomic E-state index is 12.0. The Morgan fingerprint density at radius 3 is 2.91 bits per heavy atom. The Balaban J connectivity index is 1.58. The van der Waals surface area contributed by atoms with Gasteiger partial charge >= 0.3 is 0 Å². The molecule has 1 atom stereocenters. The Hall–Kier alpha value is -2.18. The normalized spacial score (nSPS) is 12.4. The van der Waals surface area contributed by atoms with E-state index in [4.69, 9.17) is 0 Å². The average Bonchev–Trinajstić information content (AvgIpc) is 3.16. The van der Waals surface area contributed by atoms with E-state index >= 15 is 0 Å². The van der Waals surface area contributed by atoms with Crippen molar-refractivity contribution in [1.29, 1.82) is 0 Å². The third-order valence-corrected chi connectivity index (χ3v) is 4.44. The molecule has 3 rings (SSSR count). The molecular weight excluding hydrogens is 296 g/mol. The second-order valence-electron chi connectivity index (χ2n) is 5.01. The highest BCUT2D eigenvalue weighted by atomic mass is 32.1. The van der Waals surface area contributed by atoms with Crippen molar-refractivity contribution in [3.8, 4) is 0 Å². The largest absolute Gasteiger partial charge is 0.324 e. The van der Waals surface area contributed by atoms with Crippen LogP contribution >= 0.6 is 11.3 Å². The minimum absolute atomic E-state index is 0.103. The first-order valence-corrected chi connectivity index (χ1v) is 8.15. The van der Waals surface area contributed by atoms with E-state index in [2.05, 4.69) is 33.6 Å². The van der Waals surface area contributed by atoms with Gasteiger partial charge in [-0.2, -0.15) is 0 Å². The van der Waals surface area contributed by atoms with Gasteiger partial charge in [0.15, 0.2) is 0 Å². The van der Waals surface area contributed by atoms with Crippen LogP contribution in [0.4, 0.5) is 5.95 Å². The van der Waals surface area contributed by atoms with Gasteiger partial charge in [-0.05, 0) is 30.0 Å². The fourth-order valence-corrected chi connectivity index (χ4v) is 3.23. The smallest absolute Gasteiger partial charge is 0.240 e. The summed E-state index contributed by atoms with van der Waals surface area (Å²) in [6.45, 7) is 2.36. The molecule has 3 N–H and O–H groups in total. The third kappa shape index (κ3) is 3.35. The van der Waals surface area contributed by atoms with Gasteiger partial charge in [0.25, 0.3) is 0 Å². The third-order valence-electron chi connectivity index (χ3n) is 3.45. The van der Waals surface area contributed by atoms with Crippen molar-refractivity contribution in [2.75, 3.05) is 11.9 Å². The van der Waals surface area contributed by atoms with E-state index in [1.54, 1.807) is 11.3 Å².